The third kappa shape index (κ3) is 4.90. The van der Waals surface area contributed by atoms with Crippen LogP contribution in [0.1, 0.15) is 36.6 Å². The van der Waals surface area contributed by atoms with Crippen LogP contribution in [0.2, 0.25) is 5.02 Å². The number of halogens is 5. The predicted octanol–water partition coefficient (Wildman–Crippen LogP) is 4.95. The molecule has 1 fully saturated rings. The highest BCUT2D eigenvalue weighted by molar-refractivity contribution is 7.80. The predicted molar refractivity (Wildman–Crippen MR) is 99.5 cm³/mol. The van der Waals surface area contributed by atoms with Crippen LogP contribution in [0.15, 0.2) is 24.3 Å². The fraction of sp³-hybridized carbons (Fsp3) is 0.412. The van der Waals surface area contributed by atoms with E-state index in [1.807, 2.05) is 0 Å². The van der Waals surface area contributed by atoms with Crippen LogP contribution in [0.4, 0.5) is 23.2 Å². The maximum Gasteiger partial charge on any atom is 0.436 e. The summed E-state index contributed by atoms with van der Waals surface area (Å²) in [5.74, 6) is -0.389. The van der Waals surface area contributed by atoms with Crippen LogP contribution in [0.25, 0.3) is 0 Å². The molecule has 27 heavy (non-hydrogen) atoms. The van der Waals surface area contributed by atoms with Crippen molar-refractivity contribution in [3.8, 4) is 0 Å². The highest BCUT2D eigenvalue weighted by atomic mass is 35.5. The lowest BCUT2D eigenvalue weighted by atomic mass is 10.2. The molecule has 0 spiro atoms. The molecular formula is C17H17ClF4N4S. The first-order valence-corrected chi connectivity index (χ1v) is 9.18. The Morgan fingerprint density at radius 3 is 2.63 bits per heavy atom. The van der Waals surface area contributed by atoms with Crippen LogP contribution in [0.5, 0.6) is 0 Å². The maximum absolute atomic E-state index is 13.6. The van der Waals surface area contributed by atoms with Crippen molar-refractivity contribution < 1.29 is 17.6 Å². The average Bonchev–Trinajstić information content (AvgIpc) is 3.36. The molecule has 146 valence electrons. The van der Waals surface area contributed by atoms with Gasteiger partial charge < -0.3 is 10.6 Å². The number of aromatic nitrogens is 2. The molecule has 0 saturated heterocycles. The second kappa shape index (κ2) is 8.02. The zero-order chi connectivity index (χ0) is 19.6. The molecule has 0 aliphatic heterocycles. The molecule has 10 heteroatoms. The molecule has 1 aromatic heterocycles. The fourth-order valence-electron chi connectivity index (χ4n) is 2.71. The van der Waals surface area contributed by atoms with Crippen molar-refractivity contribution in [3.05, 3.63) is 46.5 Å². The molecule has 1 heterocycles. The number of hydrogen-bond acceptors (Lipinski definition) is 2. The highest BCUT2D eigenvalue weighted by Crippen LogP contribution is 2.46. The minimum atomic E-state index is -4.57. The molecule has 0 radical (unpaired) electrons. The summed E-state index contributed by atoms with van der Waals surface area (Å²) in [4.78, 5) is 0. The van der Waals surface area contributed by atoms with Crippen LogP contribution < -0.4 is 10.6 Å². The normalized spacial score (nSPS) is 14.3. The number of anilines is 1. The van der Waals surface area contributed by atoms with Crippen LogP contribution in [-0.4, -0.2) is 21.4 Å². The lowest BCUT2D eigenvalue weighted by Gasteiger charge is -2.12. The Labute approximate surface area is 163 Å². The summed E-state index contributed by atoms with van der Waals surface area (Å²) >= 11 is 11.0. The van der Waals surface area contributed by atoms with Gasteiger partial charge in [-0.15, -0.1) is 0 Å². The molecule has 1 aliphatic carbocycles. The van der Waals surface area contributed by atoms with Gasteiger partial charge >= 0.3 is 6.18 Å². The van der Waals surface area contributed by atoms with Crippen molar-refractivity contribution in [1.82, 2.24) is 15.1 Å². The van der Waals surface area contributed by atoms with Crippen molar-refractivity contribution in [1.29, 1.82) is 0 Å². The van der Waals surface area contributed by atoms with E-state index in [1.165, 1.54) is 10.7 Å². The number of aryl methyl sites for hydroxylation is 1. The van der Waals surface area contributed by atoms with Gasteiger partial charge in [0, 0.05) is 19.0 Å². The van der Waals surface area contributed by atoms with Gasteiger partial charge in [0.25, 0.3) is 0 Å². The summed E-state index contributed by atoms with van der Waals surface area (Å²) in [6, 6.07) is 6.10. The van der Waals surface area contributed by atoms with Gasteiger partial charge in [0.15, 0.2) is 10.8 Å². The Kier molecular flexibility index (Phi) is 5.90. The van der Waals surface area contributed by atoms with Gasteiger partial charge in [-0.05, 0) is 43.6 Å². The first kappa shape index (κ1) is 19.9. The topological polar surface area (TPSA) is 41.9 Å². The smallest absolute Gasteiger partial charge is 0.362 e. The number of rotatable bonds is 6. The average molecular weight is 421 g/mol. The molecular weight excluding hydrogens is 404 g/mol. The molecule has 4 nitrogen and oxygen atoms in total. The SMILES string of the molecule is Fc1ccccc1NC(=S)NCCCn1nc(C(F)(F)F)c(Cl)c1C1CC1. The van der Waals surface area contributed by atoms with Crippen molar-refractivity contribution in [3.63, 3.8) is 0 Å². The van der Waals surface area contributed by atoms with Gasteiger partial charge in [-0.3, -0.25) is 4.68 Å². The largest absolute Gasteiger partial charge is 0.436 e. The second-order valence-electron chi connectivity index (χ2n) is 6.26. The summed E-state index contributed by atoms with van der Waals surface area (Å²) in [6.07, 6.45) is -2.46. The molecule has 0 bridgehead atoms. The van der Waals surface area contributed by atoms with E-state index in [1.54, 1.807) is 18.2 Å². The van der Waals surface area contributed by atoms with Crippen molar-refractivity contribution in [2.45, 2.75) is 37.9 Å². The molecule has 0 atom stereocenters. The summed E-state index contributed by atoms with van der Waals surface area (Å²) < 4.78 is 54.0. The maximum atomic E-state index is 13.6. The first-order valence-electron chi connectivity index (χ1n) is 8.40. The molecule has 1 saturated carbocycles. The number of alkyl halides is 3. The number of nitrogens with one attached hydrogen (secondary N) is 2. The van der Waals surface area contributed by atoms with Crippen molar-refractivity contribution in [2.75, 3.05) is 11.9 Å². The third-order valence-electron chi connectivity index (χ3n) is 4.12. The summed E-state index contributed by atoms with van der Waals surface area (Å²) in [6.45, 7) is 0.667. The third-order valence-corrected chi connectivity index (χ3v) is 4.74. The number of thiocarbonyl (C=S) groups is 1. The highest BCUT2D eigenvalue weighted by Gasteiger charge is 2.41. The van der Waals surface area contributed by atoms with Crippen LogP contribution in [0, 0.1) is 5.82 Å². The van der Waals surface area contributed by atoms with E-state index in [9.17, 15) is 17.6 Å². The summed E-state index contributed by atoms with van der Waals surface area (Å²) in [7, 11) is 0. The first-order chi connectivity index (χ1) is 12.8. The Balaban J connectivity index is 1.55. The van der Waals surface area contributed by atoms with Gasteiger partial charge in [0.05, 0.1) is 16.4 Å². The van der Waals surface area contributed by atoms with Crippen LogP contribution in [0.3, 0.4) is 0 Å². The van der Waals surface area contributed by atoms with E-state index in [0.29, 0.717) is 18.7 Å². The zero-order valence-corrected chi connectivity index (χ0v) is 15.7. The quantitative estimate of drug-likeness (QED) is 0.394. The van der Waals surface area contributed by atoms with Gasteiger partial charge in [-0.25, -0.2) is 4.39 Å². The molecule has 3 rings (SSSR count). The van der Waals surface area contributed by atoms with E-state index < -0.39 is 17.7 Å². The van der Waals surface area contributed by atoms with Gasteiger partial charge in [-0.2, -0.15) is 18.3 Å². The van der Waals surface area contributed by atoms with Crippen molar-refractivity contribution in [2.24, 2.45) is 0 Å². The van der Waals surface area contributed by atoms with Crippen LogP contribution in [-0.2, 0) is 12.7 Å². The Bertz CT molecular complexity index is 833. The molecule has 2 N–H and O–H groups in total. The van der Waals surface area contributed by atoms with E-state index in [-0.39, 0.29) is 28.3 Å². The Morgan fingerprint density at radius 1 is 1.30 bits per heavy atom. The molecule has 2 aromatic rings. The number of nitrogens with zero attached hydrogens (tertiary/aromatic N) is 2. The minimum Gasteiger partial charge on any atom is -0.362 e. The number of benzene rings is 1. The summed E-state index contributed by atoms with van der Waals surface area (Å²) in [5.41, 5.74) is -0.327. The van der Waals surface area contributed by atoms with Crippen LogP contribution >= 0.6 is 23.8 Å². The fourth-order valence-corrected chi connectivity index (χ4v) is 3.32. The van der Waals surface area contributed by atoms with Gasteiger partial charge in [-0.1, -0.05) is 23.7 Å². The van der Waals surface area contributed by atoms with E-state index in [2.05, 4.69) is 15.7 Å². The van der Waals surface area contributed by atoms with Crippen molar-refractivity contribution >= 4 is 34.6 Å². The lowest BCUT2D eigenvalue weighted by Crippen LogP contribution is -2.30. The second-order valence-corrected chi connectivity index (χ2v) is 7.04. The van der Waals surface area contributed by atoms with E-state index in [4.69, 9.17) is 23.8 Å². The Morgan fingerprint density at radius 2 is 2.00 bits per heavy atom. The molecule has 1 aliphatic rings. The number of para-hydroxylation sites is 1. The number of hydrogen-bond donors (Lipinski definition) is 2. The summed E-state index contributed by atoms with van der Waals surface area (Å²) in [5, 5.41) is 9.25. The van der Waals surface area contributed by atoms with Gasteiger partial charge in [0.1, 0.15) is 5.82 Å². The minimum absolute atomic E-state index is 0.0397. The standard InChI is InChI=1S/C17H17ClF4N4S/c18-13-14(10-6-7-10)26(25-15(13)17(20,21)22)9-3-8-23-16(27)24-12-5-2-1-4-11(12)19/h1-2,4-5,10H,3,6-9H2,(H2,23,24,27). The zero-order valence-electron chi connectivity index (χ0n) is 14.1. The molecule has 1 aromatic carbocycles. The molecule has 0 unspecified atom stereocenters. The van der Waals surface area contributed by atoms with E-state index >= 15 is 0 Å². The Hall–Kier alpha value is -1.87. The van der Waals surface area contributed by atoms with E-state index in [0.717, 1.165) is 12.8 Å². The monoisotopic (exact) mass is 420 g/mol. The van der Waals surface area contributed by atoms with Gasteiger partial charge in [0.2, 0.25) is 0 Å². The molecule has 0 amide bonds. The lowest BCUT2D eigenvalue weighted by molar-refractivity contribution is -0.141.